The zero-order valence-electron chi connectivity index (χ0n) is 10.0. The van der Waals surface area contributed by atoms with E-state index in [0.29, 0.717) is 23.1 Å². The molecule has 99 valence electrons. The molecule has 0 unspecified atom stereocenters. The molecule has 0 spiro atoms. The molecule has 5 heteroatoms. The van der Waals surface area contributed by atoms with Crippen LogP contribution in [0.1, 0.15) is 11.1 Å². The predicted molar refractivity (Wildman–Crippen MR) is 80.6 cm³/mol. The average Bonchev–Trinajstić information content (AvgIpc) is 2.39. The lowest BCUT2D eigenvalue weighted by Gasteiger charge is -2.07. The molecule has 0 aliphatic carbocycles. The molecule has 19 heavy (non-hydrogen) atoms. The van der Waals surface area contributed by atoms with E-state index in [-0.39, 0.29) is 0 Å². The molecule has 2 aromatic rings. The summed E-state index contributed by atoms with van der Waals surface area (Å²) in [6, 6.07) is 13.0. The summed E-state index contributed by atoms with van der Waals surface area (Å²) in [6.07, 6.45) is 0. The number of halogens is 3. The maximum absolute atomic E-state index is 6.06. The standard InChI is InChI=1S/C14H12Cl3N2/c15-12-4-1-10(2-5-12)8-18-19-9-11-3-6-13(16)7-14(11)17/h1-7,18H,8-9H2. The van der Waals surface area contributed by atoms with Crippen LogP contribution in [0.3, 0.4) is 0 Å². The van der Waals surface area contributed by atoms with Crippen molar-refractivity contribution in [1.29, 1.82) is 0 Å². The fraction of sp³-hybridized carbons (Fsp3) is 0.143. The van der Waals surface area contributed by atoms with E-state index in [4.69, 9.17) is 34.8 Å². The van der Waals surface area contributed by atoms with Gasteiger partial charge >= 0.3 is 0 Å². The molecule has 0 atom stereocenters. The van der Waals surface area contributed by atoms with Crippen molar-refractivity contribution in [2.24, 2.45) is 0 Å². The highest BCUT2D eigenvalue weighted by Crippen LogP contribution is 2.20. The van der Waals surface area contributed by atoms with Gasteiger partial charge in [0, 0.05) is 21.6 Å². The molecule has 0 aliphatic heterocycles. The Kier molecular flexibility index (Phi) is 5.49. The maximum Gasteiger partial charge on any atom is 0.0569 e. The number of hydrogen-bond donors (Lipinski definition) is 1. The van der Waals surface area contributed by atoms with Crippen molar-refractivity contribution >= 4 is 34.8 Å². The molecule has 0 saturated heterocycles. The van der Waals surface area contributed by atoms with Crippen LogP contribution < -0.4 is 10.9 Å². The Balaban J connectivity index is 1.79. The molecule has 0 amide bonds. The number of rotatable bonds is 5. The number of nitrogens with zero attached hydrogens (tertiary/aromatic N) is 1. The van der Waals surface area contributed by atoms with Crippen molar-refractivity contribution in [1.82, 2.24) is 10.9 Å². The minimum absolute atomic E-state index is 0.504. The average molecular weight is 315 g/mol. The minimum atomic E-state index is 0.504. The molecular weight excluding hydrogens is 303 g/mol. The molecule has 0 fully saturated rings. The van der Waals surface area contributed by atoms with Gasteiger partial charge in [-0.05, 0) is 35.4 Å². The van der Waals surface area contributed by atoms with E-state index >= 15 is 0 Å². The van der Waals surface area contributed by atoms with Crippen molar-refractivity contribution in [3.63, 3.8) is 0 Å². The van der Waals surface area contributed by atoms with Gasteiger partial charge in [-0.15, -0.1) is 0 Å². The molecule has 0 aliphatic rings. The Hall–Kier alpha value is -0.770. The summed E-state index contributed by atoms with van der Waals surface area (Å²) < 4.78 is 0. The van der Waals surface area contributed by atoms with Gasteiger partial charge in [-0.25, -0.2) is 5.43 Å². The molecule has 2 nitrogen and oxygen atoms in total. The van der Waals surface area contributed by atoms with E-state index < -0.39 is 0 Å². The Morgan fingerprint density at radius 2 is 1.58 bits per heavy atom. The van der Waals surface area contributed by atoms with E-state index in [2.05, 4.69) is 10.9 Å². The molecule has 2 rings (SSSR count). The zero-order chi connectivity index (χ0) is 13.7. The van der Waals surface area contributed by atoms with Crippen molar-refractivity contribution in [2.75, 3.05) is 0 Å². The van der Waals surface area contributed by atoms with Crippen LogP contribution in [0.25, 0.3) is 0 Å². The molecule has 0 aromatic heterocycles. The molecule has 1 radical (unpaired) electrons. The molecular formula is C14H12Cl3N2. The van der Waals surface area contributed by atoms with Crippen molar-refractivity contribution in [3.8, 4) is 0 Å². The highest BCUT2D eigenvalue weighted by molar-refractivity contribution is 6.35. The van der Waals surface area contributed by atoms with Gasteiger partial charge in [-0.2, -0.15) is 5.43 Å². The summed E-state index contributed by atoms with van der Waals surface area (Å²) >= 11 is 17.7. The largest absolute Gasteiger partial charge is 0.235 e. The Morgan fingerprint density at radius 3 is 2.26 bits per heavy atom. The number of benzene rings is 2. The molecule has 1 N–H and O–H groups in total. The summed E-state index contributed by atoms with van der Waals surface area (Å²) in [5.41, 5.74) is 9.30. The van der Waals surface area contributed by atoms with Crippen molar-refractivity contribution in [3.05, 3.63) is 68.7 Å². The van der Waals surface area contributed by atoms with Gasteiger partial charge < -0.3 is 0 Å². The summed E-state index contributed by atoms with van der Waals surface area (Å²) in [4.78, 5) is 0. The highest BCUT2D eigenvalue weighted by atomic mass is 35.5. The van der Waals surface area contributed by atoms with E-state index in [1.165, 1.54) is 0 Å². The third-order valence-electron chi connectivity index (χ3n) is 2.57. The van der Waals surface area contributed by atoms with Gasteiger partial charge in [-0.3, -0.25) is 0 Å². The molecule has 2 aromatic carbocycles. The smallest absolute Gasteiger partial charge is 0.0569 e. The van der Waals surface area contributed by atoms with Crippen molar-refractivity contribution < 1.29 is 0 Å². The molecule has 0 saturated carbocycles. The fourth-order valence-electron chi connectivity index (χ4n) is 1.54. The van der Waals surface area contributed by atoms with Crippen LogP contribution in [0.2, 0.25) is 15.1 Å². The second kappa shape index (κ2) is 7.13. The normalized spacial score (nSPS) is 10.7. The van der Waals surface area contributed by atoms with Crippen LogP contribution in [0.15, 0.2) is 42.5 Å². The van der Waals surface area contributed by atoms with E-state index in [9.17, 15) is 0 Å². The van der Waals surface area contributed by atoms with Crippen LogP contribution in [0, 0.1) is 0 Å². The van der Waals surface area contributed by atoms with Crippen molar-refractivity contribution in [2.45, 2.75) is 13.1 Å². The number of nitrogens with one attached hydrogen (secondary N) is 1. The Bertz CT molecular complexity index is 541. The Labute approximate surface area is 127 Å². The Morgan fingerprint density at radius 1 is 0.895 bits per heavy atom. The third-order valence-corrected chi connectivity index (χ3v) is 3.41. The summed E-state index contributed by atoms with van der Waals surface area (Å²) in [6.45, 7) is 1.16. The topological polar surface area (TPSA) is 26.1 Å². The van der Waals surface area contributed by atoms with Gasteiger partial charge in [-0.1, -0.05) is 53.0 Å². The van der Waals surface area contributed by atoms with Gasteiger partial charge in [0.2, 0.25) is 0 Å². The molecule has 0 bridgehead atoms. The van der Waals surface area contributed by atoms with Crippen LogP contribution in [-0.4, -0.2) is 0 Å². The van der Waals surface area contributed by atoms with Gasteiger partial charge in [0.15, 0.2) is 0 Å². The van der Waals surface area contributed by atoms with Crippen LogP contribution in [0.4, 0.5) is 0 Å². The van der Waals surface area contributed by atoms with Crippen LogP contribution >= 0.6 is 34.8 Å². The zero-order valence-corrected chi connectivity index (χ0v) is 12.3. The third kappa shape index (κ3) is 4.68. The quantitative estimate of drug-likeness (QED) is 0.640. The second-order valence-corrected chi connectivity index (χ2v) is 5.29. The van der Waals surface area contributed by atoms with E-state index in [1.54, 1.807) is 12.1 Å². The monoisotopic (exact) mass is 313 g/mol. The first-order valence-corrected chi connectivity index (χ1v) is 6.86. The fourth-order valence-corrected chi connectivity index (χ4v) is 2.13. The van der Waals surface area contributed by atoms with Gasteiger partial charge in [0.1, 0.15) is 0 Å². The lowest BCUT2D eigenvalue weighted by atomic mass is 10.2. The lowest BCUT2D eigenvalue weighted by Crippen LogP contribution is -2.23. The SMILES string of the molecule is Clc1ccc(CN[N]Cc2ccc(Cl)cc2Cl)cc1. The first kappa shape index (κ1) is 14.6. The summed E-state index contributed by atoms with van der Waals surface area (Å²) in [5, 5.41) is 1.99. The van der Waals surface area contributed by atoms with Crippen LogP contribution in [-0.2, 0) is 13.1 Å². The maximum atomic E-state index is 6.06. The minimum Gasteiger partial charge on any atom is -0.235 e. The van der Waals surface area contributed by atoms with Crippen LogP contribution in [0.5, 0.6) is 0 Å². The van der Waals surface area contributed by atoms with E-state index in [0.717, 1.165) is 16.1 Å². The van der Waals surface area contributed by atoms with Gasteiger partial charge in [0.05, 0.1) is 6.54 Å². The highest BCUT2D eigenvalue weighted by Gasteiger charge is 2.01. The van der Waals surface area contributed by atoms with E-state index in [1.807, 2.05) is 30.3 Å². The number of hydrogen-bond acceptors (Lipinski definition) is 1. The summed E-state index contributed by atoms with van der Waals surface area (Å²) in [5.74, 6) is 0. The van der Waals surface area contributed by atoms with Gasteiger partial charge in [0.25, 0.3) is 0 Å². The second-order valence-electron chi connectivity index (χ2n) is 4.01. The molecule has 0 heterocycles. The predicted octanol–water partition coefficient (Wildman–Crippen LogP) is 4.46. The first-order valence-electron chi connectivity index (χ1n) is 5.73. The lowest BCUT2D eigenvalue weighted by molar-refractivity contribution is 0.516. The summed E-state index contributed by atoms with van der Waals surface area (Å²) in [7, 11) is 0. The first-order chi connectivity index (χ1) is 9.15.